The summed E-state index contributed by atoms with van der Waals surface area (Å²) < 4.78 is 40.7. The van der Waals surface area contributed by atoms with Crippen molar-refractivity contribution in [2.24, 2.45) is 0 Å². The summed E-state index contributed by atoms with van der Waals surface area (Å²) in [5.41, 5.74) is 1.78. The van der Waals surface area contributed by atoms with E-state index in [0.29, 0.717) is 30.5 Å². The van der Waals surface area contributed by atoms with Crippen LogP contribution in [-0.2, 0) is 5.54 Å². The highest BCUT2D eigenvalue weighted by molar-refractivity contribution is 5.77. The Kier molecular flexibility index (Phi) is 6.42. The number of hydrogen-bond acceptors (Lipinski definition) is 2. The zero-order valence-corrected chi connectivity index (χ0v) is 18.2. The highest BCUT2D eigenvalue weighted by Gasteiger charge is 2.40. The van der Waals surface area contributed by atoms with Crippen LogP contribution < -0.4 is 5.32 Å². The van der Waals surface area contributed by atoms with E-state index < -0.39 is 17.2 Å². The molecule has 4 rings (SSSR count). The van der Waals surface area contributed by atoms with Gasteiger partial charge in [-0.1, -0.05) is 36.4 Å². The van der Waals surface area contributed by atoms with Crippen LogP contribution in [0, 0.1) is 17.5 Å². The van der Waals surface area contributed by atoms with Crippen molar-refractivity contribution >= 4 is 6.03 Å². The van der Waals surface area contributed by atoms with Crippen LogP contribution in [0.15, 0.2) is 66.7 Å². The molecule has 0 radical (unpaired) electrons. The van der Waals surface area contributed by atoms with E-state index in [1.165, 1.54) is 24.3 Å². The van der Waals surface area contributed by atoms with E-state index in [9.17, 15) is 23.1 Å². The summed E-state index contributed by atoms with van der Waals surface area (Å²) in [5, 5.41) is 12.6. The van der Waals surface area contributed by atoms with Crippen molar-refractivity contribution in [1.29, 1.82) is 0 Å². The van der Waals surface area contributed by atoms with Gasteiger partial charge >= 0.3 is 6.03 Å². The van der Waals surface area contributed by atoms with Crippen LogP contribution in [-0.4, -0.2) is 29.2 Å². The van der Waals surface area contributed by atoms with Crippen molar-refractivity contribution in [1.82, 2.24) is 10.2 Å². The highest BCUT2D eigenvalue weighted by atomic mass is 19.1. The van der Waals surface area contributed by atoms with Gasteiger partial charge in [0.05, 0.1) is 11.6 Å². The van der Waals surface area contributed by atoms with Gasteiger partial charge in [0.25, 0.3) is 0 Å². The molecule has 0 saturated carbocycles. The van der Waals surface area contributed by atoms with Crippen molar-refractivity contribution in [3.63, 3.8) is 0 Å². The first-order valence-corrected chi connectivity index (χ1v) is 10.8. The summed E-state index contributed by atoms with van der Waals surface area (Å²) in [4.78, 5) is 14.8. The Labute approximate surface area is 190 Å². The van der Waals surface area contributed by atoms with Gasteiger partial charge in [-0.15, -0.1) is 0 Å². The number of carbonyl (C=O) groups excluding carboxylic acids is 1. The Bertz CT molecular complexity index is 1140. The molecule has 4 nitrogen and oxygen atoms in total. The molecule has 7 heteroatoms. The number of amides is 2. The topological polar surface area (TPSA) is 52.6 Å². The van der Waals surface area contributed by atoms with Crippen LogP contribution in [0.4, 0.5) is 18.0 Å². The monoisotopic (exact) mass is 454 g/mol. The number of rotatable bonds is 6. The summed E-state index contributed by atoms with van der Waals surface area (Å²) in [5.74, 6) is -1.62. The van der Waals surface area contributed by atoms with Gasteiger partial charge in [0.2, 0.25) is 0 Å². The van der Waals surface area contributed by atoms with Crippen LogP contribution in [0.2, 0.25) is 0 Å². The minimum absolute atomic E-state index is 0.116. The van der Waals surface area contributed by atoms with Crippen LogP contribution in [0.3, 0.4) is 0 Å². The SMILES string of the molecule is C[C@@H](c1ccc(-c2ccc(F)cc2F)cc1)N1CC[C@@](CCO)(c2ccc(F)cc2)NC1=O. The standard InChI is InChI=1S/C26H25F3N2O2/c1-17(18-2-4-19(5-3-18)23-11-10-22(28)16-24(23)29)31-14-12-26(13-15-32,30-25(31)33)20-6-8-21(27)9-7-20/h2-11,16-17,32H,12-15H2,1H3,(H,30,33)/t17-,26+/m0/s1. The van der Waals surface area contributed by atoms with Crippen molar-refractivity contribution < 1.29 is 23.1 Å². The third kappa shape index (κ3) is 4.59. The maximum atomic E-state index is 14.1. The lowest BCUT2D eigenvalue weighted by molar-refractivity contribution is 0.110. The lowest BCUT2D eigenvalue weighted by Crippen LogP contribution is -2.58. The maximum Gasteiger partial charge on any atom is 0.318 e. The van der Waals surface area contributed by atoms with Gasteiger partial charge in [-0.05, 0) is 60.7 Å². The quantitative estimate of drug-likeness (QED) is 0.515. The second-order valence-electron chi connectivity index (χ2n) is 8.36. The molecule has 1 saturated heterocycles. The van der Waals surface area contributed by atoms with Crippen LogP contribution >= 0.6 is 0 Å². The second-order valence-corrected chi connectivity index (χ2v) is 8.36. The van der Waals surface area contributed by atoms with E-state index in [1.807, 2.05) is 19.1 Å². The molecule has 3 aromatic carbocycles. The molecule has 2 amide bonds. The number of nitrogens with one attached hydrogen (secondary N) is 1. The number of aliphatic hydroxyl groups excluding tert-OH is 1. The predicted molar refractivity (Wildman–Crippen MR) is 120 cm³/mol. The molecule has 1 fully saturated rings. The van der Waals surface area contributed by atoms with E-state index in [-0.39, 0.29) is 24.5 Å². The molecule has 0 aliphatic carbocycles. The van der Waals surface area contributed by atoms with Crippen LogP contribution in [0.1, 0.15) is 36.9 Å². The zero-order chi connectivity index (χ0) is 23.6. The first-order chi connectivity index (χ1) is 15.8. The van der Waals surface area contributed by atoms with E-state index >= 15 is 0 Å². The molecule has 2 N–H and O–H groups in total. The Hall–Kier alpha value is -3.32. The normalized spacial score (nSPS) is 19.3. The van der Waals surface area contributed by atoms with Gasteiger partial charge in [-0.3, -0.25) is 0 Å². The minimum Gasteiger partial charge on any atom is -0.396 e. The second kappa shape index (κ2) is 9.27. The predicted octanol–water partition coefficient (Wildman–Crippen LogP) is 5.53. The number of benzene rings is 3. The molecule has 0 unspecified atom stereocenters. The molecule has 2 atom stereocenters. The average molecular weight is 454 g/mol. The molecule has 1 heterocycles. The number of nitrogens with zero attached hydrogens (tertiary/aromatic N) is 1. The van der Waals surface area contributed by atoms with Gasteiger partial charge < -0.3 is 15.3 Å². The summed E-state index contributed by atoms with van der Waals surface area (Å²) in [6.07, 6.45) is 0.874. The van der Waals surface area contributed by atoms with Crippen LogP contribution in [0.5, 0.6) is 0 Å². The Morgan fingerprint density at radius 2 is 1.67 bits per heavy atom. The van der Waals surface area contributed by atoms with E-state index in [4.69, 9.17) is 0 Å². The van der Waals surface area contributed by atoms with Gasteiger partial charge in [0.1, 0.15) is 17.5 Å². The molecule has 3 aromatic rings. The fraction of sp³-hybridized carbons (Fsp3) is 0.269. The summed E-state index contributed by atoms with van der Waals surface area (Å²) in [7, 11) is 0. The van der Waals surface area contributed by atoms with Crippen LogP contribution in [0.25, 0.3) is 11.1 Å². The minimum atomic E-state index is -0.764. The molecule has 33 heavy (non-hydrogen) atoms. The van der Waals surface area contributed by atoms with Crippen molar-refractivity contribution in [3.05, 3.63) is 95.3 Å². The molecule has 0 spiro atoms. The van der Waals surface area contributed by atoms with Gasteiger partial charge in [-0.25, -0.2) is 18.0 Å². The van der Waals surface area contributed by atoms with E-state index in [1.54, 1.807) is 29.2 Å². The first-order valence-electron chi connectivity index (χ1n) is 10.8. The third-order valence-corrected chi connectivity index (χ3v) is 6.42. The average Bonchev–Trinajstić information content (AvgIpc) is 2.79. The van der Waals surface area contributed by atoms with E-state index in [0.717, 1.165) is 17.2 Å². The first kappa shape index (κ1) is 22.9. The van der Waals surface area contributed by atoms with Crippen molar-refractivity contribution in [2.45, 2.75) is 31.3 Å². The lowest BCUT2D eigenvalue weighted by atomic mass is 9.82. The number of hydrogen-bond donors (Lipinski definition) is 2. The van der Waals surface area contributed by atoms with E-state index in [2.05, 4.69) is 5.32 Å². The lowest BCUT2D eigenvalue weighted by Gasteiger charge is -2.45. The number of aliphatic hydroxyl groups is 1. The summed E-state index contributed by atoms with van der Waals surface area (Å²) in [6, 6.07) is 16.1. The molecule has 1 aliphatic heterocycles. The summed E-state index contributed by atoms with van der Waals surface area (Å²) >= 11 is 0. The molecular weight excluding hydrogens is 429 g/mol. The van der Waals surface area contributed by atoms with Gasteiger partial charge in [-0.2, -0.15) is 0 Å². The molecule has 1 aliphatic rings. The van der Waals surface area contributed by atoms with Gasteiger partial charge in [0.15, 0.2) is 0 Å². The zero-order valence-electron chi connectivity index (χ0n) is 18.2. The largest absolute Gasteiger partial charge is 0.396 e. The highest BCUT2D eigenvalue weighted by Crippen LogP contribution is 2.35. The number of urea groups is 1. The fourth-order valence-electron chi connectivity index (χ4n) is 4.47. The summed E-state index contributed by atoms with van der Waals surface area (Å²) in [6.45, 7) is 2.23. The van der Waals surface area contributed by atoms with Crippen molar-refractivity contribution in [3.8, 4) is 11.1 Å². The number of carbonyl (C=O) groups is 1. The Balaban J connectivity index is 1.52. The number of halogens is 3. The maximum absolute atomic E-state index is 14.1. The Morgan fingerprint density at radius 1 is 1.00 bits per heavy atom. The third-order valence-electron chi connectivity index (χ3n) is 6.42. The smallest absolute Gasteiger partial charge is 0.318 e. The Morgan fingerprint density at radius 3 is 2.27 bits per heavy atom. The fourth-order valence-corrected chi connectivity index (χ4v) is 4.47. The molecular formula is C26H25F3N2O2. The molecule has 0 bridgehead atoms. The molecule has 0 aromatic heterocycles. The molecule has 172 valence electrons. The van der Waals surface area contributed by atoms with Crippen molar-refractivity contribution in [2.75, 3.05) is 13.2 Å². The van der Waals surface area contributed by atoms with Gasteiger partial charge in [0, 0.05) is 24.8 Å².